The summed E-state index contributed by atoms with van der Waals surface area (Å²) in [5, 5.41) is 3.00. The van der Waals surface area contributed by atoms with Gasteiger partial charge in [-0.25, -0.2) is 4.79 Å². The number of nitrogens with one attached hydrogen (secondary N) is 1. The Kier molecular flexibility index (Phi) is 7.88. The highest BCUT2D eigenvalue weighted by molar-refractivity contribution is 8.47. The van der Waals surface area contributed by atoms with Crippen LogP contribution in [0.3, 0.4) is 0 Å². The molecular weight excluding hydrogens is 290 g/mol. The van der Waals surface area contributed by atoms with Crippen LogP contribution in [0.1, 0.15) is 26.2 Å². The highest BCUT2D eigenvalue weighted by atomic mass is 32.2. The Morgan fingerprint density at radius 1 is 1.44 bits per heavy atom. The van der Waals surface area contributed by atoms with Gasteiger partial charge in [0.2, 0.25) is 0 Å². The monoisotopic (exact) mass is 307 g/mol. The molecule has 4 nitrogen and oxygen atoms in total. The van der Waals surface area contributed by atoms with Gasteiger partial charge >= 0.3 is 11.9 Å². The van der Waals surface area contributed by atoms with Crippen molar-refractivity contribution in [2.75, 3.05) is 18.1 Å². The zero-order valence-corrected chi connectivity index (χ0v) is 12.7. The van der Waals surface area contributed by atoms with Crippen LogP contribution < -0.4 is 5.32 Å². The van der Waals surface area contributed by atoms with Crippen LogP contribution in [0.4, 0.5) is 0 Å². The van der Waals surface area contributed by atoms with Crippen LogP contribution in [0.15, 0.2) is 0 Å². The molecule has 7 heteroatoms. The van der Waals surface area contributed by atoms with Crippen molar-refractivity contribution in [3.05, 3.63) is 0 Å². The van der Waals surface area contributed by atoms with E-state index in [0.29, 0.717) is 5.75 Å². The molecule has 1 heterocycles. The molecule has 18 heavy (non-hydrogen) atoms. The smallest absolute Gasteiger partial charge is 0.330 e. The maximum absolute atomic E-state index is 11.5. The van der Waals surface area contributed by atoms with Gasteiger partial charge in [-0.05, 0) is 25.1 Å². The topological polar surface area (TPSA) is 55.4 Å². The number of thioether (sulfide) groups is 2. The fourth-order valence-corrected chi connectivity index (χ4v) is 3.71. The lowest BCUT2D eigenvalue weighted by molar-refractivity contribution is -0.160. The normalized spacial score (nSPS) is 18.6. The van der Waals surface area contributed by atoms with E-state index in [4.69, 9.17) is 17.0 Å². The lowest BCUT2D eigenvalue weighted by Gasteiger charge is -2.08. The summed E-state index contributed by atoms with van der Waals surface area (Å²) >= 11 is 8.12. The van der Waals surface area contributed by atoms with Gasteiger partial charge in [0.1, 0.15) is 9.57 Å². The van der Waals surface area contributed by atoms with Crippen molar-refractivity contribution in [3.63, 3.8) is 0 Å². The Labute approximate surface area is 121 Å². The van der Waals surface area contributed by atoms with Crippen molar-refractivity contribution in [2.45, 2.75) is 32.2 Å². The molecule has 1 fully saturated rings. The van der Waals surface area contributed by atoms with Crippen molar-refractivity contribution in [1.29, 1.82) is 0 Å². The fraction of sp³-hybridized carbons (Fsp3) is 0.727. The summed E-state index contributed by atoms with van der Waals surface area (Å²) in [4.78, 5) is 22.9. The van der Waals surface area contributed by atoms with Crippen LogP contribution >= 0.6 is 35.7 Å². The molecule has 0 aromatic heterocycles. The van der Waals surface area contributed by atoms with Gasteiger partial charge in [-0.15, -0.1) is 23.5 Å². The summed E-state index contributed by atoms with van der Waals surface area (Å²) in [6.45, 7) is 2.84. The van der Waals surface area contributed by atoms with Gasteiger partial charge < -0.3 is 10.1 Å². The number of ether oxygens (including phenoxy) is 1. The summed E-state index contributed by atoms with van der Waals surface area (Å²) in [6.07, 6.45) is 1.91. The van der Waals surface area contributed by atoms with Crippen molar-refractivity contribution in [2.24, 2.45) is 0 Å². The summed E-state index contributed by atoms with van der Waals surface area (Å²) in [6, 6.07) is -0.307. The maximum Gasteiger partial charge on any atom is 0.330 e. The van der Waals surface area contributed by atoms with Gasteiger partial charge in [-0.1, -0.05) is 19.1 Å². The largest absolute Gasteiger partial charge is 0.392 e. The molecular formula is C11H17NO3S3. The van der Waals surface area contributed by atoms with E-state index in [1.165, 1.54) is 11.8 Å². The molecule has 0 amide bonds. The SMILES string of the molecule is CCSC(=S)SCCC(=O)OC(=O)[C@@H]1CCCN1. The van der Waals surface area contributed by atoms with E-state index < -0.39 is 11.9 Å². The van der Waals surface area contributed by atoms with Gasteiger partial charge in [0.05, 0.1) is 6.42 Å². The van der Waals surface area contributed by atoms with Gasteiger partial charge in [-0.3, -0.25) is 4.79 Å². The third kappa shape index (κ3) is 6.17. The Hall–Kier alpha value is -0.110. The van der Waals surface area contributed by atoms with E-state index in [9.17, 15) is 9.59 Å². The zero-order chi connectivity index (χ0) is 13.4. The zero-order valence-electron chi connectivity index (χ0n) is 10.3. The fourth-order valence-electron chi connectivity index (χ4n) is 1.50. The summed E-state index contributed by atoms with van der Waals surface area (Å²) in [7, 11) is 0. The molecule has 1 aliphatic rings. The Morgan fingerprint density at radius 3 is 2.83 bits per heavy atom. The van der Waals surface area contributed by atoms with Gasteiger partial charge in [0.15, 0.2) is 0 Å². The van der Waals surface area contributed by atoms with Gasteiger partial charge in [0.25, 0.3) is 0 Å². The van der Waals surface area contributed by atoms with E-state index in [-0.39, 0.29) is 12.5 Å². The molecule has 0 aromatic rings. The first-order valence-electron chi connectivity index (χ1n) is 5.91. The quantitative estimate of drug-likeness (QED) is 0.473. The van der Waals surface area contributed by atoms with Crippen LogP contribution in [-0.4, -0.2) is 39.6 Å². The third-order valence-electron chi connectivity index (χ3n) is 2.35. The van der Waals surface area contributed by atoms with Crippen LogP contribution in [0, 0.1) is 0 Å². The van der Waals surface area contributed by atoms with Crippen LogP contribution in [0.2, 0.25) is 0 Å². The second-order valence-electron chi connectivity index (χ2n) is 3.72. The molecule has 1 rings (SSSR count). The summed E-state index contributed by atoms with van der Waals surface area (Å²) in [5.41, 5.74) is 0. The van der Waals surface area contributed by atoms with E-state index in [2.05, 4.69) is 5.32 Å². The standard InChI is InChI=1S/C11H17NO3S3/c1-2-17-11(16)18-7-5-9(13)15-10(14)8-4-3-6-12-8/h8,12H,2-7H2,1H3/t8-/m0/s1. The lowest BCUT2D eigenvalue weighted by Crippen LogP contribution is -2.33. The minimum Gasteiger partial charge on any atom is -0.392 e. The Bertz CT molecular complexity index is 317. The molecule has 102 valence electrons. The molecule has 1 N–H and O–H groups in total. The molecule has 0 bridgehead atoms. The number of rotatable bonds is 5. The van der Waals surface area contributed by atoms with Crippen LogP contribution in [-0.2, 0) is 14.3 Å². The molecule has 0 unspecified atom stereocenters. The molecule has 0 spiro atoms. The lowest BCUT2D eigenvalue weighted by atomic mass is 10.2. The minimum absolute atomic E-state index is 0.216. The number of thiocarbonyl (C=S) groups is 1. The van der Waals surface area contributed by atoms with Crippen molar-refractivity contribution < 1.29 is 14.3 Å². The number of carbonyl (C=O) groups is 2. The first kappa shape index (κ1) is 15.9. The molecule has 0 saturated carbocycles. The van der Waals surface area contributed by atoms with Crippen LogP contribution in [0.25, 0.3) is 0 Å². The number of hydrogen-bond acceptors (Lipinski definition) is 7. The van der Waals surface area contributed by atoms with E-state index in [0.717, 1.165) is 28.7 Å². The Morgan fingerprint density at radius 2 is 2.22 bits per heavy atom. The molecule has 1 saturated heterocycles. The van der Waals surface area contributed by atoms with Crippen molar-refractivity contribution in [1.82, 2.24) is 5.32 Å². The first-order valence-corrected chi connectivity index (χ1v) is 8.29. The number of esters is 2. The predicted molar refractivity (Wildman–Crippen MR) is 79.9 cm³/mol. The average Bonchev–Trinajstić information content (AvgIpc) is 2.82. The van der Waals surface area contributed by atoms with Crippen LogP contribution in [0.5, 0.6) is 0 Å². The van der Waals surface area contributed by atoms with Crippen molar-refractivity contribution in [3.8, 4) is 0 Å². The van der Waals surface area contributed by atoms with E-state index in [1.807, 2.05) is 6.92 Å². The summed E-state index contributed by atoms with van der Waals surface area (Å²) < 4.78 is 5.60. The molecule has 1 atom stereocenters. The molecule has 0 aliphatic carbocycles. The molecule has 1 aliphatic heterocycles. The van der Waals surface area contributed by atoms with Gasteiger partial charge in [-0.2, -0.15) is 0 Å². The molecule has 0 radical (unpaired) electrons. The third-order valence-corrected chi connectivity index (χ3v) is 4.93. The second kappa shape index (κ2) is 8.90. The summed E-state index contributed by atoms with van der Waals surface area (Å²) in [5.74, 6) is 0.580. The van der Waals surface area contributed by atoms with E-state index >= 15 is 0 Å². The highest BCUT2D eigenvalue weighted by Crippen LogP contribution is 2.17. The van der Waals surface area contributed by atoms with Crippen molar-refractivity contribution >= 4 is 51.2 Å². The maximum atomic E-state index is 11.5. The highest BCUT2D eigenvalue weighted by Gasteiger charge is 2.25. The second-order valence-corrected chi connectivity index (χ2v) is 7.29. The average molecular weight is 307 g/mol. The minimum atomic E-state index is -0.467. The van der Waals surface area contributed by atoms with E-state index in [1.54, 1.807) is 11.8 Å². The van der Waals surface area contributed by atoms with Gasteiger partial charge in [0, 0.05) is 5.75 Å². The number of hydrogen-bond donors (Lipinski definition) is 1. The number of carbonyl (C=O) groups excluding carboxylic acids is 2. The Balaban J connectivity index is 2.13. The predicted octanol–water partition coefficient (Wildman–Crippen LogP) is 1.97. The molecule has 0 aromatic carbocycles. The first-order chi connectivity index (χ1) is 8.63.